The fourth-order valence-electron chi connectivity index (χ4n) is 2.15. The SMILES string of the molecule is CCc1ccc(S(=O)(=O)NC(C(=O)O)C(C)C)cc1CC. The topological polar surface area (TPSA) is 83.5 Å². The maximum atomic E-state index is 12.3. The average molecular weight is 313 g/mol. The molecule has 0 saturated heterocycles. The monoisotopic (exact) mass is 313 g/mol. The molecule has 1 aromatic rings. The Hall–Kier alpha value is -1.40. The van der Waals surface area contributed by atoms with Gasteiger partial charge in [-0.15, -0.1) is 0 Å². The van der Waals surface area contributed by atoms with Gasteiger partial charge in [-0.1, -0.05) is 33.8 Å². The van der Waals surface area contributed by atoms with Crippen molar-refractivity contribution in [2.24, 2.45) is 5.92 Å². The van der Waals surface area contributed by atoms with Crippen molar-refractivity contribution >= 4 is 16.0 Å². The Bertz CT molecular complexity index is 608. The number of sulfonamides is 1. The van der Waals surface area contributed by atoms with Crippen LogP contribution in [0, 0.1) is 5.92 Å². The zero-order chi connectivity index (χ0) is 16.2. The van der Waals surface area contributed by atoms with Gasteiger partial charge >= 0.3 is 5.97 Å². The van der Waals surface area contributed by atoms with Crippen LogP contribution < -0.4 is 4.72 Å². The van der Waals surface area contributed by atoms with E-state index in [2.05, 4.69) is 4.72 Å². The molecular weight excluding hydrogens is 290 g/mol. The minimum absolute atomic E-state index is 0.114. The fourth-order valence-corrected chi connectivity index (χ4v) is 3.54. The van der Waals surface area contributed by atoms with Gasteiger partial charge in [-0.05, 0) is 42.0 Å². The maximum absolute atomic E-state index is 12.3. The molecule has 0 aliphatic rings. The molecule has 0 aliphatic carbocycles. The first kappa shape index (κ1) is 17.7. The van der Waals surface area contributed by atoms with Gasteiger partial charge in [0.1, 0.15) is 6.04 Å². The Balaban J connectivity index is 3.16. The molecule has 1 atom stereocenters. The lowest BCUT2D eigenvalue weighted by molar-refractivity contribution is -0.140. The van der Waals surface area contributed by atoms with Crippen molar-refractivity contribution in [3.05, 3.63) is 29.3 Å². The summed E-state index contributed by atoms with van der Waals surface area (Å²) in [6.07, 6.45) is 1.57. The van der Waals surface area contributed by atoms with Gasteiger partial charge in [-0.3, -0.25) is 4.79 Å². The molecule has 1 aromatic carbocycles. The Morgan fingerprint density at radius 1 is 1.19 bits per heavy atom. The van der Waals surface area contributed by atoms with Crippen molar-refractivity contribution < 1.29 is 18.3 Å². The largest absolute Gasteiger partial charge is 0.480 e. The zero-order valence-electron chi connectivity index (χ0n) is 12.9. The van der Waals surface area contributed by atoms with E-state index < -0.39 is 22.0 Å². The number of aryl methyl sites for hydroxylation is 2. The Morgan fingerprint density at radius 3 is 2.19 bits per heavy atom. The van der Waals surface area contributed by atoms with Crippen molar-refractivity contribution in [3.63, 3.8) is 0 Å². The molecule has 0 aromatic heterocycles. The fraction of sp³-hybridized carbons (Fsp3) is 0.533. The van der Waals surface area contributed by atoms with E-state index in [1.54, 1.807) is 26.0 Å². The highest BCUT2D eigenvalue weighted by molar-refractivity contribution is 7.89. The van der Waals surface area contributed by atoms with Crippen LogP contribution in [0.5, 0.6) is 0 Å². The summed E-state index contributed by atoms with van der Waals surface area (Å²) in [5.41, 5.74) is 2.08. The standard InChI is InChI=1S/C15H23NO4S/c1-5-11-7-8-13(9-12(11)6-2)21(19,20)16-14(10(3)4)15(17)18/h7-10,14,16H,5-6H2,1-4H3,(H,17,18). The van der Waals surface area contributed by atoms with E-state index in [9.17, 15) is 13.2 Å². The van der Waals surface area contributed by atoms with Gasteiger partial charge in [0.15, 0.2) is 0 Å². The first-order chi connectivity index (χ1) is 9.72. The van der Waals surface area contributed by atoms with E-state index in [0.717, 1.165) is 24.0 Å². The van der Waals surface area contributed by atoms with Gasteiger partial charge in [0.2, 0.25) is 10.0 Å². The summed E-state index contributed by atoms with van der Waals surface area (Å²) in [6.45, 7) is 7.31. The third-order valence-electron chi connectivity index (χ3n) is 3.46. The zero-order valence-corrected chi connectivity index (χ0v) is 13.7. The van der Waals surface area contributed by atoms with Gasteiger partial charge in [0.25, 0.3) is 0 Å². The van der Waals surface area contributed by atoms with Crippen molar-refractivity contribution in [2.75, 3.05) is 0 Å². The summed E-state index contributed by atoms with van der Waals surface area (Å²) < 4.78 is 27.0. The molecule has 118 valence electrons. The molecule has 0 amide bonds. The number of carbonyl (C=O) groups is 1. The molecule has 0 fully saturated rings. The van der Waals surface area contributed by atoms with Crippen molar-refractivity contribution in [1.29, 1.82) is 0 Å². The van der Waals surface area contributed by atoms with E-state index in [-0.39, 0.29) is 10.8 Å². The number of aliphatic carboxylic acids is 1. The van der Waals surface area contributed by atoms with Crippen LogP contribution in [0.2, 0.25) is 0 Å². The van der Waals surface area contributed by atoms with Crippen LogP contribution in [0.25, 0.3) is 0 Å². The minimum atomic E-state index is -3.84. The number of carboxylic acids is 1. The molecule has 5 nitrogen and oxygen atoms in total. The lowest BCUT2D eigenvalue weighted by Crippen LogP contribution is -2.44. The molecule has 0 spiro atoms. The van der Waals surface area contributed by atoms with Crippen LogP contribution >= 0.6 is 0 Å². The molecule has 21 heavy (non-hydrogen) atoms. The molecule has 1 unspecified atom stereocenters. The second kappa shape index (κ2) is 7.04. The smallest absolute Gasteiger partial charge is 0.322 e. The highest BCUT2D eigenvalue weighted by atomic mass is 32.2. The van der Waals surface area contributed by atoms with Gasteiger partial charge in [-0.25, -0.2) is 8.42 Å². The minimum Gasteiger partial charge on any atom is -0.480 e. The number of carboxylic acid groups (broad SMARTS) is 1. The summed E-state index contributed by atoms with van der Waals surface area (Å²) >= 11 is 0. The van der Waals surface area contributed by atoms with E-state index in [0.29, 0.717) is 0 Å². The van der Waals surface area contributed by atoms with Gasteiger partial charge in [0, 0.05) is 0 Å². The molecular formula is C15H23NO4S. The Morgan fingerprint density at radius 2 is 1.76 bits per heavy atom. The van der Waals surface area contributed by atoms with E-state index in [4.69, 9.17) is 5.11 Å². The number of hydrogen-bond donors (Lipinski definition) is 2. The van der Waals surface area contributed by atoms with Crippen LogP contribution in [0.3, 0.4) is 0 Å². The van der Waals surface area contributed by atoms with E-state index in [1.807, 2.05) is 13.8 Å². The summed E-state index contributed by atoms with van der Waals surface area (Å²) in [5.74, 6) is -1.51. The highest BCUT2D eigenvalue weighted by Crippen LogP contribution is 2.18. The van der Waals surface area contributed by atoms with E-state index >= 15 is 0 Å². The molecule has 6 heteroatoms. The average Bonchev–Trinajstić information content (AvgIpc) is 2.43. The summed E-state index contributed by atoms with van der Waals surface area (Å²) in [6, 6.07) is 3.81. The third kappa shape index (κ3) is 4.28. The van der Waals surface area contributed by atoms with Crippen LogP contribution in [-0.4, -0.2) is 25.5 Å². The molecule has 0 heterocycles. The van der Waals surface area contributed by atoms with Gasteiger partial charge in [-0.2, -0.15) is 4.72 Å². The summed E-state index contributed by atoms with van der Waals surface area (Å²) in [7, 11) is -3.84. The third-order valence-corrected chi connectivity index (χ3v) is 4.90. The van der Waals surface area contributed by atoms with Crippen molar-refractivity contribution in [3.8, 4) is 0 Å². The Labute approximate surface area is 126 Å². The Kier molecular flexibility index (Phi) is 5.92. The van der Waals surface area contributed by atoms with Crippen molar-refractivity contribution in [1.82, 2.24) is 4.72 Å². The lowest BCUT2D eigenvalue weighted by Gasteiger charge is -2.18. The number of benzene rings is 1. The van der Waals surface area contributed by atoms with Crippen LogP contribution in [-0.2, 0) is 27.7 Å². The maximum Gasteiger partial charge on any atom is 0.322 e. The molecule has 0 aliphatic heterocycles. The second-order valence-electron chi connectivity index (χ2n) is 5.32. The number of nitrogens with one attached hydrogen (secondary N) is 1. The first-order valence-electron chi connectivity index (χ1n) is 7.09. The van der Waals surface area contributed by atoms with Crippen LogP contribution in [0.4, 0.5) is 0 Å². The quantitative estimate of drug-likeness (QED) is 0.808. The van der Waals surface area contributed by atoms with Gasteiger partial charge in [0.05, 0.1) is 4.90 Å². The highest BCUT2D eigenvalue weighted by Gasteiger charge is 2.28. The molecule has 0 radical (unpaired) electrons. The molecule has 0 saturated carbocycles. The predicted octanol–water partition coefficient (Wildman–Crippen LogP) is 2.20. The van der Waals surface area contributed by atoms with Crippen LogP contribution in [0.15, 0.2) is 23.1 Å². The summed E-state index contributed by atoms with van der Waals surface area (Å²) in [5, 5.41) is 9.11. The number of hydrogen-bond acceptors (Lipinski definition) is 3. The predicted molar refractivity (Wildman–Crippen MR) is 81.8 cm³/mol. The van der Waals surface area contributed by atoms with Gasteiger partial charge < -0.3 is 5.11 Å². The van der Waals surface area contributed by atoms with E-state index in [1.165, 1.54) is 6.07 Å². The van der Waals surface area contributed by atoms with Crippen LogP contribution in [0.1, 0.15) is 38.8 Å². The molecule has 1 rings (SSSR count). The lowest BCUT2D eigenvalue weighted by atomic mass is 10.0. The first-order valence-corrected chi connectivity index (χ1v) is 8.58. The summed E-state index contributed by atoms with van der Waals surface area (Å²) in [4.78, 5) is 11.3. The van der Waals surface area contributed by atoms with Crippen molar-refractivity contribution in [2.45, 2.75) is 51.5 Å². The second-order valence-corrected chi connectivity index (χ2v) is 7.03. The number of rotatable bonds is 7. The molecule has 0 bridgehead atoms. The molecule has 2 N–H and O–H groups in total. The normalized spacial score (nSPS) is 13.4.